The van der Waals surface area contributed by atoms with Crippen molar-refractivity contribution in [3.63, 3.8) is 0 Å². The summed E-state index contributed by atoms with van der Waals surface area (Å²) in [4.78, 5) is 22.1. The number of hydrogen-bond donors (Lipinski definition) is 0. The van der Waals surface area contributed by atoms with E-state index in [1.165, 1.54) is 34.8 Å². The molecule has 7 nitrogen and oxygen atoms in total. The van der Waals surface area contributed by atoms with Gasteiger partial charge in [0, 0.05) is 25.7 Å². The van der Waals surface area contributed by atoms with Crippen molar-refractivity contribution in [2.24, 2.45) is 0 Å². The first kappa shape index (κ1) is 27.6. The second-order valence-electron chi connectivity index (χ2n) is 8.51. The molecule has 4 rings (SSSR count). The van der Waals surface area contributed by atoms with Crippen molar-refractivity contribution in [3.05, 3.63) is 83.9 Å². The van der Waals surface area contributed by atoms with Crippen LogP contribution in [0.3, 0.4) is 0 Å². The van der Waals surface area contributed by atoms with Crippen LogP contribution in [0, 0.1) is 6.92 Å². The number of benzene rings is 3. The largest absolute Gasteiger partial charge is 0.308 e. The minimum atomic E-state index is -3.76. The van der Waals surface area contributed by atoms with Crippen LogP contribution < -0.4 is 9.21 Å². The molecule has 0 spiro atoms. The van der Waals surface area contributed by atoms with Gasteiger partial charge in [0.25, 0.3) is 15.9 Å². The van der Waals surface area contributed by atoms with Gasteiger partial charge in [0.05, 0.1) is 20.8 Å². The minimum Gasteiger partial charge on any atom is -0.308 e. The van der Waals surface area contributed by atoms with Crippen molar-refractivity contribution in [3.8, 4) is 0 Å². The number of carbonyl (C=O) groups excluding carboxylic acids is 1. The Bertz CT molecular complexity index is 1440. The molecular formula is C26H29ClN4O3S2. The average Bonchev–Trinajstić information content (AvgIpc) is 3.29. The number of hydrogen-bond acceptors (Lipinski definition) is 6. The zero-order chi connectivity index (χ0) is 25.2. The molecule has 0 unspecified atom stereocenters. The van der Waals surface area contributed by atoms with Gasteiger partial charge < -0.3 is 4.90 Å². The number of aromatic nitrogens is 1. The zero-order valence-electron chi connectivity index (χ0n) is 20.6. The van der Waals surface area contributed by atoms with Gasteiger partial charge in [-0.05, 0) is 69.0 Å². The monoisotopic (exact) mass is 544 g/mol. The van der Waals surface area contributed by atoms with Crippen LogP contribution in [0.2, 0.25) is 0 Å². The molecule has 0 saturated carbocycles. The Morgan fingerprint density at radius 2 is 1.56 bits per heavy atom. The number of sulfonamides is 1. The van der Waals surface area contributed by atoms with E-state index in [9.17, 15) is 13.2 Å². The van der Waals surface area contributed by atoms with Crippen molar-refractivity contribution >= 4 is 60.7 Å². The number of likely N-dealkylation sites (N-methyl/N-ethyl adjacent to an activating group) is 1. The normalized spacial score (nSPS) is 11.4. The molecule has 1 amide bonds. The third-order valence-corrected chi connectivity index (χ3v) is 8.58. The summed E-state index contributed by atoms with van der Waals surface area (Å²) in [6.07, 6.45) is 0. The second kappa shape index (κ2) is 11.4. The highest BCUT2D eigenvalue weighted by molar-refractivity contribution is 7.92. The maximum atomic E-state index is 13.6. The molecule has 0 aliphatic rings. The zero-order valence-corrected chi connectivity index (χ0v) is 23.0. The number of fused-ring (bicyclic) bond motifs is 1. The molecule has 4 aromatic rings. The highest BCUT2D eigenvalue weighted by atomic mass is 35.5. The van der Waals surface area contributed by atoms with Crippen LogP contribution >= 0.6 is 23.7 Å². The molecule has 0 N–H and O–H groups in total. The van der Waals surface area contributed by atoms with Gasteiger partial charge in [0.15, 0.2) is 5.13 Å². The third kappa shape index (κ3) is 5.70. The smallest absolute Gasteiger partial charge is 0.264 e. The van der Waals surface area contributed by atoms with E-state index in [-0.39, 0.29) is 23.2 Å². The molecule has 1 heterocycles. The molecule has 0 atom stereocenters. The number of para-hydroxylation sites is 2. The molecule has 0 saturated heterocycles. The Hall–Kier alpha value is -2.98. The number of anilines is 2. The van der Waals surface area contributed by atoms with E-state index in [0.717, 1.165) is 15.8 Å². The van der Waals surface area contributed by atoms with Crippen LogP contribution in [0.4, 0.5) is 10.8 Å². The summed E-state index contributed by atoms with van der Waals surface area (Å²) in [5, 5.41) is 0.627. The van der Waals surface area contributed by atoms with Crippen LogP contribution in [-0.4, -0.2) is 58.4 Å². The van der Waals surface area contributed by atoms with Gasteiger partial charge in [-0.1, -0.05) is 41.7 Å². The van der Waals surface area contributed by atoms with Crippen molar-refractivity contribution in [1.29, 1.82) is 0 Å². The molecule has 190 valence electrons. The quantitative estimate of drug-likeness (QED) is 0.310. The molecule has 3 aromatic carbocycles. The molecule has 1 aromatic heterocycles. The highest BCUT2D eigenvalue weighted by Gasteiger charge is 2.24. The maximum absolute atomic E-state index is 13.6. The standard InChI is InChI=1S/C26H28N4O3S2.ClH/c1-19-9-8-12-23-24(19)27-26(34-23)30(18-17-28(2)3)25(31)20-13-15-22(16-14-20)35(32,33)29(4)21-10-6-5-7-11-21;/h5-16H,17-18H2,1-4H3;1H. The van der Waals surface area contributed by atoms with E-state index in [1.807, 2.05) is 50.2 Å². The van der Waals surface area contributed by atoms with Crippen molar-refractivity contribution in [1.82, 2.24) is 9.88 Å². The lowest BCUT2D eigenvalue weighted by Crippen LogP contribution is -2.36. The number of rotatable bonds is 8. The van der Waals surface area contributed by atoms with E-state index in [1.54, 1.807) is 41.3 Å². The number of thiazole rings is 1. The fourth-order valence-corrected chi connectivity index (χ4v) is 5.90. The van der Waals surface area contributed by atoms with Gasteiger partial charge in [-0.25, -0.2) is 13.4 Å². The Kier molecular flexibility index (Phi) is 8.73. The minimum absolute atomic E-state index is 0. The van der Waals surface area contributed by atoms with E-state index >= 15 is 0 Å². The van der Waals surface area contributed by atoms with E-state index in [2.05, 4.69) is 0 Å². The van der Waals surface area contributed by atoms with Crippen LogP contribution in [0.1, 0.15) is 15.9 Å². The van der Waals surface area contributed by atoms with Crippen LogP contribution in [-0.2, 0) is 10.0 Å². The van der Waals surface area contributed by atoms with E-state index in [0.29, 0.717) is 29.5 Å². The molecule has 0 aliphatic carbocycles. The number of halogens is 1. The van der Waals surface area contributed by atoms with Gasteiger partial charge in [-0.3, -0.25) is 14.0 Å². The number of aryl methyl sites for hydroxylation is 1. The van der Waals surface area contributed by atoms with Crippen LogP contribution in [0.5, 0.6) is 0 Å². The number of nitrogens with zero attached hydrogens (tertiary/aromatic N) is 4. The molecule has 0 radical (unpaired) electrons. The number of carbonyl (C=O) groups is 1. The molecule has 0 aliphatic heterocycles. The first-order valence-corrected chi connectivity index (χ1v) is 13.4. The molecule has 0 bridgehead atoms. The molecule has 0 fully saturated rings. The van der Waals surface area contributed by atoms with E-state index in [4.69, 9.17) is 4.98 Å². The second-order valence-corrected chi connectivity index (χ2v) is 11.5. The predicted molar refractivity (Wildman–Crippen MR) is 150 cm³/mol. The van der Waals surface area contributed by atoms with Gasteiger partial charge >= 0.3 is 0 Å². The average molecular weight is 545 g/mol. The Labute approximate surface area is 222 Å². The fourth-order valence-electron chi connectivity index (χ4n) is 3.63. The lowest BCUT2D eigenvalue weighted by atomic mass is 10.2. The topological polar surface area (TPSA) is 73.8 Å². The van der Waals surface area contributed by atoms with Gasteiger partial charge in [-0.15, -0.1) is 12.4 Å². The maximum Gasteiger partial charge on any atom is 0.264 e. The Balaban J connectivity index is 0.00000361. The summed E-state index contributed by atoms with van der Waals surface area (Å²) < 4.78 is 28.4. The van der Waals surface area contributed by atoms with Crippen molar-refractivity contribution < 1.29 is 13.2 Å². The first-order valence-electron chi connectivity index (χ1n) is 11.2. The summed E-state index contributed by atoms with van der Waals surface area (Å²) in [5.41, 5.74) is 2.91. The van der Waals surface area contributed by atoms with Gasteiger partial charge in [0.2, 0.25) is 0 Å². The van der Waals surface area contributed by atoms with Gasteiger partial charge in [0.1, 0.15) is 0 Å². The number of amides is 1. The van der Waals surface area contributed by atoms with Crippen LogP contribution in [0.15, 0.2) is 77.7 Å². The first-order chi connectivity index (χ1) is 16.7. The summed E-state index contributed by atoms with van der Waals surface area (Å²) in [7, 11) is 1.66. The van der Waals surface area contributed by atoms with E-state index < -0.39 is 10.0 Å². The lowest BCUT2D eigenvalue weighted by molar-refractivity contribution is 0.0985. The summed E-state index contributed by atoms with van der Waals surface area (Å²) in [5.74, 6) is -0.219. The summed E-state index contributed by atoms with van der Waals surface area (Å²) in [6.45, 7) is 3.12. The lowest BCUT2D eigenvalue weighted by Gasteiger charge is -2.22. The Morgan fingerprint density at radius 3 is 2.17 bits per heavy atom. The van der Waals surface area contributed by atoms with Gasteiger partial charge in [-0.2, -0.15) is 0 Å². The third-order valence-electron chi connectivity index (χ3n) is 5.74. The molecule has 10 heteroatoms. The predicted octanol–water partition coefficient (Wildman–Crippen LogP) is 5.06. The van der Waals surface area contributed by atoms with Crippen LogP contribution in [0.25, 0.3) is 10.2 Å². The summed E-state index contributed by atoms with van der Waals surface area (Å²) in [6, 6.07) is 21.0. The fraction of sp³-hybridized carbons (Fsp3) is 0.231. The molecule has 36 heavy (non-hydrogen) atoms. The highest BCUT2D eigenvalue weighted by Crippen LogP contribution is 2.31. The van der Waals surface area contributed by atoms with Crippen molar-refractivity contribution in [2.75, 3.05) is 43.4 Å². The SMILES string of the molecule is Cc1cccc2sc(N(CCN(C)C)C(=O)c3ccc(S(=O)(=O)N(C)c4ccccc4)cc3)nc12.Cl. The molecular weight excluding hydrogens is 516 g/mol. The summed E-state index contributed by atoms with van der Waals surface area (Å²) >= 11 is 1.48. The van der Waals surface area contributed by atoms with Crippen molar-refractivity contribution in [2.45, 2.75) is 11.8 Å². The Morgan fingerprint density at radius 1 is 0.889 bits per heavy atom.